The predicted octanol–water partition coefficient (Wildman–Crippen LogP) is 6.40. The number of ether oxygens (including phenoxy) is 2. The van der Waals surface area contributed by atoms with Gasteiger partial charge in [-0.1, -0.05) is 62.2 Å². The van der Waals surface area contributed by atoms with Gasteiger partial charge in [-0.3, -0.25) is 0 Å². The van der Waals surface area contributed by atoms with Crippen LogP contribution in [0.25, 0.3) is 5.70 Å². The summed E-state index contributed by atoms with van der Waals surface area (Å²) >= 11 is 7.13. The summed E-state index contributed by atoms with van der Waals surface area (Å²) in [5, 5.41) is 4.64. The second kappa shape index (κ2) is 8.29. The topological polar surface area (TPSA) is 52.4 Å². The summed E-state index contributed by atoms with van der Waals surface area (Å²) in [4.78, 5) is 6.70. The lowest BCUT2D eigenvalue weighted by Gasteiger charge is -2.42. The van der Waals surface area contributed by atoms with E-state index in [0.717, 1.165) is 54.4 Å². The molecule has 0 amide bonds. The van der Waals surface area contributed by atoms with Crippen LogP contribution in [0.3, 0.4) is 0 Å². The van der Waals surface area contributed by atoms with Crippen molar-refractivity contribution in [3.8, 4) is 11.5 Å². The van der Waals surface area contributed by atoms with Crippen molar-refractivity contribution >= 4 is 43.5 Å². The Morgan fingerprint density at radius 2 is 1.59 bits per heavy atom. The third-order valence-electron chi connectivity index (χ3n) is 6.33. The average molecular weight is 580 g/mol. The zero-order valence-corrected chi connectivity index (χ0v) is 21.6. The van der Waals surface area contributed by atoms with Crippen LogP contribution < -0.4 is 14.4 Å². The first kappa shape index (κ1) is 21.4. The molecule has 4 aromatic rings. The molecule has 2 aliphatic rings. The lowest BCUT2D eigenvalue weighted by Crippen LogP contribution is -2.37. The first-order valence-corrected chi connectivity index (χ1v) is 12.4. The van der Waals surface area contributed by atoms with Gasteiger partial charge in [-0.05, 0) is 47.5 Å². The third kappa shape index (κ3) is 3.27. The molecule has 2 atom stereocenters. The minimum atomic E-state index is -0.323. The Morgan fingerprint density at radius 3 is 2.26 bits per heavy atom. The zero-order chi connectivity index (χ0) is 23.4. The second-order valence-corrected chi connectivity index (χ2v) is 10.0. The van der Waals surface area contributed by atoms with E-state index in [0.29, 0.717) is 0 Å². The van der Waals surface area contributed by atoms with Crippen LogP contribution in [0.15, 0.2) is 87.6 Å². The summed E-state index contributed by atoms with van der Waals surface area (Å²) in [6.07, 6.45) is 1.28. The van der Waals surface area contributed by atoms with Gasteiger partial charge in [0.25, 0.3) is 0 Å². The fraction of sp³-hybridized carbons (Fsp3) is 0.154. The lowest BCUT2D eigenvalue weighted by molar-refractivity contribution is 0.220. The van der Waals surface area contributed by atoms with Gasteiger partial charge in [0.1, 0.15) is 30.0 Å². The van der Waals surface area contributed by atoms with Crippen LogP contribution in [-0.2, 0) is 0 Å². The molecule has 0 spiro atoms. The fourth-order valence-corrected chi connectivity index (χ4v) is 5.38. The van der Waals surface area contributed by atoms with E-state index in [9.17, 15) is 0 Å². The van der Waals surface area contributed by atoms with E-state index in [1.54, 1.807) is 13.4 Å². The molecule has 3 aromatic carbocycles. The van der Waals surface area contributed by atoms with Crippen LogP contribution >= 0.6 is 31.9 Å². The first-order chi connectivity index (χ1) is 16.6. The van der Waals surface area contributed by atoms with Crippen molar-refractivity contribution in [3.05, 3.63) is 104 Å². The molecule has 2 aliphatic heterocycles. The number of halogens is 2. The molecule has 34 heavy (non-hydrogen) atoms. The minimum absolute atomic E-state index is 0.205. The summed E-state index contributed by atoms with van der Waals surface area (Å²) < 4.78 is 16.5. The largest absolute Gasteiger partial charge is 0.496 e. The molecule has 170 valence electrons. The molecule has 3 heterocycles. The Balaban J connectivity index is 1.68. The highest BCUT2D eigenvalue weighted by Crippen LogP contribution is 2.54. The Morgan fingerprint density at radius 1 is 0.912 bits per heavy atom. The molecule has 6 nitrogen and oxygen atoms in total. The van der Waals surface area contributed by atoms with Gasteiger partial charge < -0.3 is 14.4 Å². The van der Waals surface area contributed by atoms with Crippen LogP contribution in [0, 0.1) is 0 Å². The van der Waals surface area contributed by atoms with Gasteiger partial charge in [-0.2, -0.15) is 10.1 Å². The van der Waals surface area contributed by atoms with E-state index in [-0.39, 0.29) is 12.1 Å². The Labute approximate surface area is 214 Å². The smallest absolute Gasteiger partial charge is 0.229 e. The molecular weight excluding hydrogens is 560 g/mol. The summed E-state index contributed by atoms with van der Waals surface area (Å²) in [6, 6.07) is 22.3. The molecule has 0 aliphatic carbocycles. The molecule has 0 radical (unpaired) electrons. The van der Waals surface area contributed by atoms with Gasteiger partial charge in [-0.15, -0.1) is 0 Å². The molecule has 6 rings (SSSR count). The molecule has 0 fully saturated rings. The fourth-order valence-electron chi connectivity index (χ4n) is 4.85. The Kier molecular flexibility index (Phi) is 5.22. The highest BCUT2D eigenvalue weighted by Gasteiger charge is 2.44. The van der Waals surface area contributed by atoms with Gasteiger partial charge in [-0.25, -0.2) is 4.68 Å². The van der Waals surface area contributed by atoms with Crippen LogP contribution in [0.2, 0.25) is 0 Å². The van der Waals surface area contributed by atoms with E-state index in [2.05, 4.69) is 83.2 Å². The molecule has 0 N–H and O–H groups in total. The standard InChI is InChI=1S/C26H20Br2N4O2/c1-31-24-21-19(33-2)4-3-5-20(21)34-25(16-8-12-18(28)13-9-16)22(24)23(32-26(31)29-14-30-32)15-6-10-17(27)11-7-15/h3-14,23,25H,1-2H3/t23-,25+/m1/s1. The predicted molar refractivity (Wildman–Crippen MR) is 138 cm³/mol. The molecule has 0 bridgehead atoms. The second-order valence-electron chi connectivity index (χ2n) is 8.20. The zero-order valence-electron chi connectivity index (χ0n) is 18.4. The van der Waals surface area contributed by atoms with E-state index >= 15 is 0 Å². The first-order valence-electron chi connectivity index (χ1n) is 10.8. The molecule has 0 saturated carbocycles. The van der Waals surface area contributed by atoms with Crippen molar-refractivity contribution in [2.24, 2.45) is 0 Å². The molecule has 1 aromatic heterocycles. The molecule has 0 saturated heterocycles. The van der Waals surface area contributed by atoms with Crippen molar-refractivity contribution in [2.45, 2.75) is 12.1 Å². The van der Waals surface area contributed by atoms with Gasteiger partial charge >= 0.3 is 0 Å². The molecule has 0 unspecified atom stereocenters. The number of fused-ring (bicyclic) bond motifs is 3. The van der Waals surface area contributed by atoms with Crippen molar-refractivity contribution in [1.82, 2.24) is 14.8 Å². The van der Waals surface area contributed by atoms with E-state index in [4.69, 9.17) is 9.47 Å². The van der Waals surface area contributed by atoms with Gasteiger partial charge in [0.15, 0.2) is 0 Å². The Hall–Kier alpha value is -3.10. The van der Waals surface area contributed by atoms with E-state index < -0.39 is 0 Å². The lowest BCUT2D eigenvalue weighted by atomic mass is 9.84. The van der Waals surface area contributed by atoms with Crippen molar-refractivity contribution in [2.75, 3.05) is 19.1 Å². The highest BCUT2D eigenvalue weighted by molar-refractivity contribution is 9.10. The average Bonchev–Trinajstić information content (AvgIpc) is 3.35. The van der Waals surface area contributed by atoms with Gasteiger partial charge in [0.2, 0.25) is 5.95 Å². The Bertz CT molecular complexity index is 1410. The number of methoxy groups -OCH3 is 1. The summed E-state index contributed by atoms with van der Waals surface area (Å²) in [6.45, 7) is 0. The monoisotopic (exact) mass is 578 g/mol. The number of hydrogen-bond donors (Lipinski definition) is 0. The summed E-state index contributed by atoms with van der Waals surface area (Å²) in [5.41, 5.74) is 5.19. The van der Waals surface area contributed by atoms with Crippen LogP contribution in [0.1, 0.15) is 28.8 Å². The van der Waals surface area contributed by atoms with E-state index in [1.165, 1.54) is 0 Å². The summed E-state index contributed by atoms with van der Waals surface area (Å²) in [7, 11) is 3.71. The maximum absolute atomic E-state index is 6.73. The minimum Gasteiger partial charge on any atom is -0.496 e. The quantitative estimate of drug-likeness (QED) is 0.281. The number of aromatic nitrogens is 3. The van der Waals surface area contributed by atoms with Crippen LogP contribution in [-0.4, -0.2) is 28.9 Å². The number of nitrogens with zero attached hydrogens (tertiary/aromatic N) is 4. The third-order valence-corrected chi connectivity index (χ3v) is 7.39. The molecule has 8 heteroatoms. The van der Waals surface area contributed by atoms with Gasteiger partial charge in [0, 0.05) is 21.6 Å². The normalized spacial score (nSPS) is 18.6. The van der Waals surface area contributed by atoms with Crippen LogP contribution in [0.5, 0.6) is 11.5 Å². The molecular formula is C26H20Br2N4O2. The maximum Gasteiger partial charge on any atom is 0.229 e. The van der Waals surface area contributed by atoms with Crippen molar-refractivity contribution in [3.63, 3.8) is 0 Å². The van der Waals surface area contributed by atoms with Crippen molar-refractivity contribution in [1.29, 1.82) is 0 Å². The number of rotatable bonds is 3. The van der Waals surface area contributed by atoms with Crippen molar-refractivity contribution < 1.29 is 9.47 Å². The highest BCUT2D eigenvalue weighted by atomic mass is 79.9. The van der Waals surface area contributed by atoms with Crippen LogP contribution in [0.4, 0.5) is 5.95 Å². The maximum atomic E-state index is 6.73. The number of hydrogen-bond acceptors (Lipinski definition) is 5. The number of anilines is 1. The SMILES string of the molecule is COc1cccc2c1C1=C([C@H](c3ccc(Br)cc3)O2)[C@@H](c2ccc(Br)cc2)n2ncnc2N1C. The summed E-state index contributed by atoms with van der Waals surface area (Å²) in [5.74, 6) is 2.30. The van der Waals surface area contributed by atoms with Gasteiger partial charge in [0.05, 0.1) is 18.4 Å². The van der Waals surface area contributed by atoms with E-state index in [1.807, 2.05) is 42.1 Å². The number of benzene rings is 3.